The van der Waals surface area contributed by atoms with Crippen LogP contribution in [0.5, 0.6) is 5.75 Å². The maximum atomic E-state index is 11.7. The number of carbonyl (C=O) groups excluding carboxylic acids is 2. The molecule has 2 aromatic rings. The Labute approximate surface area is 133 Å². The number of nitrogens with one attached hydrogen (secondary N) is 2. The van der Waals surface area contributed by atoms with E-state index in [9.17, 15) is 9.59 Å². The van der Waals surface area contributed by atoms with E-state index in [2.05, 4.69) is 10.9 Å². The summed E-state index contributed by atoms with van der Waals surface area (Å²) in [6.45, 7) is 1.70. The predicted octanol–water partition coefficient (Wildman–Crippen LogP) is 2.70. The second-order valence-corrected chi connectivity index (χ2v) is 5.01. The molecule has 0 aromatic heterocycles. The number of rotatable bonds is 4. The van der Waals surface area contributed by atoms with Gasteiger partial charge in [-0.1, -0.05) is 23.7 Å². The lowest BCUT2D eigenvalue weighted by Gasteiger charge is -2.08. The van der Waals surface area contributed by atoms with Crippen LogP contribution in [-0.2, 0) is 11.4 Å². The van der Waals surface area contributed by atoms with Crippen LogP contribution in [0.1, 0.15) is 22.8 Å². The quantitative estimate of drug-likeness (QED) is 0.852. The smallest absolute Gasteiger partial charge is 0.269 e. The molecular weight excluding hydrogens is 304 g/mol. The highest BCUT2D eigenvalue weighted by Gasteiger charge is 2.05. The second kappa shape index (κ2) is 7.47. The molecule has 0 aliphatic rings. The van der Waals surface area contributed by atoms with Crippen LogP contribution in [0, 0.1) is 0 Å². The van der Waals surface area contributed by atoms with E-state index in [1.165, 1.54) is 6.92 Å². The molecular formula is C16H15ClN2O3. The van der Waals surface area contributed by atoms with Crippen molar-refractivity contribution in [3.8, 4) is 5.75 Å². The summed E-state index contributed by atoms with van der Waals surface area (Å²) >= 11 is 5.80. The third kappa shape index (κ3) is 4.79. The lowest BCUT2D eigenvalue weighted by Crippen LogP contribution is -2.40. The monoisotopic (exact) mass is 318 g/mol. The van der Waals surface area contributed by atoms with Crippen LogP contribution in [-0.4, -0.2) is 11.8 Å². The summed E-state index contributed by atoms with van der Waals surface area (Å²) in [4.78, 5) is 22.4. The maximum absolute atomic E-state index is 11.7. The highest BCUT2D eigenvalue weighted by molar-refractivity contribution is 6.30. The Balaban J connectivity index is 1.90. The van der Waals surface area contributed by atoms with Crippen molar-refractivity contribution in [2.45, 2.75) is 13.5 Å². The number of hydrogen-bond donors (Lipinski definition) is 2. The minimum atomic E-state index is -0.375. The van der Waals surface area contributed by atoms with Crippen LogP contribution in [0.3, 0.4) is 0 Å². The first-order valence-electron chi connectivity index (χ1n) is 6.59. The van der Waals surface area contributed by atoms with Gasteiger partial charge in [-0.25, -0.2) is 0 Å². The predicted molar refractivity (Wildman–Crippen MR) is 83.5 cm³/mol. The van der Waals surface area contributed by atoms with Crippen LogP contribution in [0.4, 0.5) is 0 Å². The first-order chi connectivity index (χ1) is 10.5. The zero-order valence-corrected chi connectivity index (χ0v) is 12.7. The van der Waals surface area contributed by atoms with Gasteiger partial charge in [0.05, 0.1) is 0 Å². The van der Waals surface area contributed by atoms with E-state index in [-0.39, 0.29) is 11.8 Å². The second-order valence-electron chi connectivity index (χ2n) is 4.57. The van der Waals surface area contributed by atoms with Gasteiger partial charge in [0, 0.05) is 17.5 Å². The molecule has 22 heavy (non-hydrogen) atoms. The highest BCUT2D eigenvalue weighted by Crippen LogP contribution is 2.17. The van der Waals surface area contributed by atoms with Crippen molar-refractivity contribution >= 4 is 23.4 Å². The fourth-order valence-electron chi connectivity index (χ4n) is 1.67. The number of hydrazine groups is 1. The van der Waals surface area contributed by atoms with Crippen molar-refractivity contribution < 1.29 is 14.3 Å². The summed E-state index contributed by atoms with van der Waals surface area (Å²) in [5, 5.41) is 0.655. The van der Waals surface area contributed by atoms with Gasteiger partial charge in [-0.05, 0) is 42.0 Å². The van der Waals surface area contributed by atoms with Crippen LogP contribution in [0.15, 0.2) is 48.5 Å². The standard InChI is InChI=1S/C16H15ClN2O3/c1-11(20)18-19-16(21)13-4-2-12(3-5-13)10-22-15-8-6-14(17)7-9-15/h2-9H,10H2,1H3,(H,18,20)(H,19,21). The van der Waals surface area contributed by atoms with Gasteiger partial charge in [-0.3, -0.25) is 20.4 Å². The van der Waals surface area contributed by atoms with Crippen molar-refractivity contribution in [1.29, 1.82) is 0 Å². The molecule has 0 heterocycles. The van der Waals surface area contributed by atoms with Crippen LogP contribution < -0.4 is 15.6 Å². The summed E-state index contributed by atoms with van der Waals surface area (Å²) in [7, 11) is 0. The SMILES string of the molecule is CC(=O)NNC(=O)c1ccc(COc2ccc(Cl)cc2)cc1. The topological polar surface area (TPSA) is 67.4 Å². The van der Waals surface area contributed by atoms with Crippen molar-refractivity contribution in [3.63, 3.8) is 0 Å². The van der Waals surface area contributed by atoms with Gasteiger partial charge in [0.2, 0.25) is 5.91 Å². The number of ether oxygens (including phenoxy) is 1. The minimum absolute atomic E-state index is 0.332. The van der Waals surface area contributed by atoms with E-state index < -0.39 is 0 Å². The molecule has 2 aromatic carbocycles. The van der Waals surface area contributed by atoms with E-state index in [1.54, 1.807) is 48.5 Å². The van der Waals surface area contributed by atoms with Crippen LogP contribution in [0.25, 0.3) is 0 Å². The average Bonchev–Trinajstić information content (AvgIpc) is 2.52. The van der Waals surface area contributed by atoms with E-state index in [1.807, 2.05) is 0 Å². The lowest BCUT2D eigenvalue weighted by atomic mass is 10.1. The Hall–Kier alpha value is -2.53. The van der Waals surface area contributed by atoms with Crippen molar-refractivity contribution in [2.24, 2.45) is 0 Å². The molecule has 2 amide bonds. The molecule has 114 valence electrons. The van der Waals surface area contributed by atoms with Gasteiger partial charge in [0.25, 0.3) is 5.91 Å². The Kier molecular flexibility index (Phi) is 5.38. The molecule has 0 atom stereocenters. The van der Waals surface area contributed by atoms with Gasteiger partial charge >= 0.3 is 0 Å². The third-order valence-electron chi connectivity index (χ3n) is 2.79. The highest BCUT2D eigenvalue weighted by atomic mass is 35.5. The zero-order valence-electron chi connectivity index (χ0n) is 11.9. The Morgan fingerprint density at radius 2 is 1.64 bits per heavy atom. The molecule has 2 rings (SSSR count). The molecule has 5 nitrogen and oxygen atoms in total. The van der Waals surface area contributed by atoms with Gasteiger partial charge in [0.15, 0.2) is 0 Å². The van der Waals surface area contributed by atoms with Crippen molar-refractivity contribution in [1.82, 2.24) is 10.9 Å². The summed E-state index contributed by atoms with van der Waals surface area (Å²) in [6.07, 6.45) is 0. The number of halogens is 1. The van der Waals surface area contributed by atoms with E-state index in [0.29, 0.717) is 17.2 Å². The number of amides is 2. The van der Waals surface area contributed by atoms with Crippen LogP contribution >= 0.6 is 11.6 Å². The third-order valence-corrected chi connectivity index (χ3v) is 3.04. The molecule has 0 aliphatic heterocycles. The Morgan fingerprint density at radius 1 is 1.00 bits per heavy atom. The van der Waals surface area contributed by atoms with Crippen molar-refractivity contribution in [2.75, 3.05) is 0 Å². The Bertz CT molecular complexity index is 654. The van der Waals surface area contributed by atoms with Crippen molar-refractivity contribution in [3.05, 3.63) is 64.7 Å². The molecule has 0 bridgehead atoms. The first kappa shape index (κ1) is 15.9. The fourth-order valence-corrected chi connectivity index (χ4v) is 1.79. The molecule has 0 aliphatic carbocycles. The van der Waals surface area contributed by atoms with E-state index >= 15 is 0 Å². The molecule has 6 heteroatoms. The molecule has 0 saturated carbocycles. The van der Waals surface area contributed by atoms with E-state index in [4.69, 9.17) is 16.3 Å². The van der Waals surface area contributed by atoms with Gasteiger partial charge < -0.3 is 4.74 Å². The molecule has 0 unspecified atom stereocenters. The van der Waals surface area contributed by atoms with Gasteiger partial charge in [-0.15, -0.1) is 0 Å². The summed E-state index contributed by atoms with van der Waals surface area (Å²) in [5.74, 6) is 0.0126. The summed E-state index contributed by atoms with van der Waals surface area (Å²) in [5.41, 5.74) is 5.90. The van der Waals surface area contributed by atoms with Crippen LogP contribution in [0.2, 0.25) is 5.02 Å². The normalized spacial score (nSPS) is 9.91. The lowest BCUT2D eigenvalue weighted by molar-refractivity contribution is -0.119. The number of benzene rings is 2. The largest absolute Gasteiger partial charge is 0.489 e. The Morgan fingerprint density at radius 3 is 2.23 bits per heavy atom. The maximum Gasteiger partial charge on any atom is 0.269 e. The molecule has 0 fully saturated rings. The number of hydrogen-bond acceptors (Lipinski definition) is 3. The van der Waals surface area contributed by atoms with E-state index in [0.717, 1.165) is 11.3 Å². The molecule has 0 saturated heterocycles. The zero-order chi connectivity index (χ0) is 15.9. The first-order valence-corrected chi connectivity index (χ1v) is 6.96. The summed E-state index contributed by atoms with van der Waals surface area (Å²) < 4.78 is 5.61. The van der Waals surface area contributed by atoms with Gasteiger partial charge in [-0.2, -0.15) is 0 Å². The summed E-state index contributed by atoms with van der Waals surface area (Å²) in [6, 6.07) is 14.0. The van der Waals surface area contributed by atoms with Gasteiger partial charge in [0.1, 0.15) is 12.4 Å². The molecule has 0 radical (unpaired) electrons. The fraction of sp³-hybridized carbons (Fsp3) is 0.125. The number of carbonyl (C=O) groups is 2. The minimum Gasteiger partial charge on any atom is -0.489 e. The average molecular weight is 319 g/mol. The molecule has 2 N–H and O–H groups in total. The molecule has 0 spiro atoms.